The molecule has 2 heterocycles. The van der Waals surface area contributed by atoms with E-state index in [2.05, 4.69) is 4.98 Å². The van der Waals surface area contributed by atoms with E-state index in [0.29, 0.717) is 32.8 Å². The molecule has 1 aliphatic heterocycles. The van der Waals surface area contributed by atoms with Gasteiger partial charge in [0.15, 0.2) is 16.6 Å². The summed E-state index contributed by atoms with van der Waals surface area (Å²) in [6.07, 6.45) is 0. The highest BCUT2D eigenvalue weighted by atomic mass is 32.1. The quantitative estimate of drug-likeness (QED) is 0.207. The van der Waals surface area contributed by atoms with Crippen molar-refractivity contribution in [3.05, 3.63) is 88.2 Å². The zero-order valence-corrected chi connectivity index (χ0v) is 21.4. The number of fused-ring (bicyclic) bond motifs is 1. The van der Waals surface area contributed by atoms with Gasteiger partial charge in [-0.3, -0.25) is 14.5 Å². The number of Topliss-reactive ketones (excluding diaryl/α,β-unsaturated/α-hetero) is 1. The van der Waals surface area contributed by atoms with Gasteiger partial charge in [0.25, 0.3) is 5.78 Å². The van der Waals surface area contributed by atoms with Crippen molar-refractivity contribution in [2.45, 2.75) is 19.9 Å². The molecule has 3 aromatic carbocycles. The molecule has 5 rings (SSSR count). The number of thiazole rings is 1. The first-order chi connectivity index (χ1) is 17.7. The van der Waals surface area contributed by atoms with Crippen LogP contribution in [0.4, 0.5) is 9.52 Å². The molecule has 4 aromatic rings. The van der Waals surface area contributed by atoms with Crippen LogP contribution in [-0.2, 0) is 9.59 Å². The average Bonchev–Trinajstić information content (AvgIpc) is 3.42. The largest absolute Gasteiger partial charge is 0.507 e. The Labute approximate surface area is 216 Å². The zero-order valence-electron chi connectivity index (χ0n) is 20.5. The summed E-state index contributed by atoms with van der Waals surface area (Å²) < 4.78 is 25.2. The molecule has 0 saturated carbocycles. The van der Waals surface area contributed by atoms with E-state index in [0.717, 1.165) is 22.5 Å². The molecular formula is C28H23FN2O5S. The first-order valence-corrected chi connectivity index (χ1v) is 12.2. The summed E-state index contributed by atoms with van der Waals surface area (Å²) in [7, 11) is 2.99. The number of halogens is 1. The van der Waals surface area contributed by atoms with Gasteiger partial charge < -0.3 is 14.6 Å². The van der Waals surface area contributed by atoms with E-state index in [1.807, 2.05) is 26.0 Å². The molecule has 0 aliphatic carbocycles. The molecule has 1 fully saturated rings. The third-order valence-corrected chi connectivity index (χ3v) is 7.38. The number of amides is 1. The summed E-state index contributed by atoms with van der Waals surface area (Å²) in [5.41, 5.74) is 3.01. The van der Waals surface area contributed by atoms with Crippen molar-refractivity contribution in [1.29, 1.82) is 0 Å². The molecule has 1 aliphatic rings. The number of anilines is 1. The Morgan fingerprint density at radius 1 is 1.00 bits per heavy atom. The summed E-state index contributed by atoms with van der Waals surface area (Å²) in [4.78, 5) is 32.7. The number of ether oxygens (including phenoxy) is 2. The Kier molecular flexibility index (Phi) is 6.16. The number of methoxy groups -OCH3 is 2. The zero-order chi connectivity index (χ0) is 26.4. The van der Waals surface area contributed by atoms with Crippen LogP contribution in [-0.4, -0.2) is 36.0 Å². The van der Waals surface area contributed by atoms with Crippen LogP contribution in [0.3, 0.4) is 0 Å². The van der Waals surface area contributed by atoms with Crippen LogP contribution in [0.25, 0.3) is 16.0 Å². The van der Waals surface area contributed by atoms with Crippen LogP contribution in [0.5, 0.6) is 11.5 Å². The molecule has 1 saturated heterocycles. The van der Waals surface area contributed by atoms with Crippen LogP contribution in [0.15, 0.2) is 60.2 Å². The van der Waals surface area contributed by atoms with Crippen molar-refractivity contribution in [2.75, 3.05) is 19.1 Å². The van der Waals surface area contributed by atoms with Gasteiger partial charge in [0.1, 0.15) is 11.6 Å². The van der Waals surface area contributed by atoms with E-state index in [1.54, 1.807) is 24.3 Å². The predicted molar refractivity (Wildman–Crippen MR) is 140 cm³/mol. The second-order valence-corrected chi connectivity index (χ2v) is 9.72. The van der Waals surface area contributed by atoms with E-state index >= 15 is 0 Å². The minimum Gasteiger partial charge on any atom is -0.507 e. The molecule has 0 spiro atoms. The monoisotopic (exact) mass is 518 g/mol. The van der Waals surface area contributed by atoms with Crippen molar-refractivity contribution in [3.8, 4) is 11.5 Å². The van der Waals surface area contributed by atoms with Gasteiger partial charge >= 0.3 is 5.91 Å². The van der Waals surface area contributed by atoms with Gasteiger partial charge in [-0.2, -0.15) is 0 Å². The van der Waals surface area contributed by atoms with Crippen molar-refractivity contribution >= 4 is 44.1 Å². The molecule has 1 unspecified atom stereocenters. The molecule has 37 heavy (non-hydrogen) atoms. The number of aryl methyl sites for hydroxylation is 2. The van der Waals surface area contributed by atoms with Gasteiger partial charge in [-0.1, -0.05) is 35.1 Å². The van der Waals surface area contributed by atoms with Gasteiger partial charge in [-0.25, -0.2) is 9.37 Å². The molecule has 1 aromatic heterocycles. The van der Waals surface area contributed by atoms with Gasteiger partial charge in [-0.15, -0.1) is 0 Å². The first kappa shape index (κ1) is 24.5. The normalized spacial score (nSPS) is 17.0. The summed E-state index contributed by atoms with van der Waals surface area (Å²) >= 11 is 1.09. The Hall–Kier alpha value is -4.24. The van der Waals surface area contributed by atoms with E-state index in [1.165, 1.54) is 37.3 Å². The molecule has 7 nitrogen and oxygen atoms in total. The standard InChI is InChI=1S/C28H23FN2O5S/c1-14-5-6-15(2)18(11-14)25(32)23-24(16-7-10-20(35-3)21(12-16)36-4)31(27(34)26(23)33)28-30-19-9-8-17(29)13-22(19)37-28/h5-13,24,32H,1-4H3. The summed E-state index contributed by atoms with van der Waals surface area (Å²) in [5.74, 6) is -1.54. The molecule has 1 N–H and O–H groups in total. The van der Waals surface area contributed by atoms with Gasteiger partial charge in [0, 0.05) is 5.56 Å². The lowest BCUT2D eigenvalue weighted by Gasteiger charge is -2.24. The SMILES string of the molecule is COc1ccc(C2C(=C(O)c3cc(C)ccc3C)C(=O)C(=O)N2c2nc3ccc(F)cc3s2)cc1OC. The number of hydrogen-bond donors (Lipinski definition) is 1. The summed E-state index contributed by atoms with van der Waals surface area (Å²) in [6, 6.07) is 13.7. The molecule has 0 radical (unpaired) electrons. The Morgan fingerprint density at radius 3 is 2.49 bits per heavy atom. The highest BCUT2D eigenvalue weighted by Crippen LogP contribution is 2.46. The highest BCUT2D eigenvalue weighted by Gasteiger charge is 2.48. The number of aromatic nitrogens is 1. The van der Waals surface area contributed by atoms with E-state index in [-0.39, 0.29) is 16.5 Å². The van der Waals surface area contributed by atoms with Crippen LogP contribution in [0.2, 0.25) is 0 Å². The average molecular weight is 519 g/mol. The number of carbonyl (C=O) groups excluding carboxylic acids is 2. The molecule has 188 valence electrons. The Bertz CT molecular complexity index is 1610. The highest BCUT2D eigenvalue weighted by molar-refractivity contribution is 7.22. The minimum absolute atomic E-state index is 0.0728. The summed E-state index contributed by atoms with van der Waals surface area (Å²) in [6.45, 7) is 3.69. The number of carbonyl (C=O) groups is 2. The lowest BCUT2D eigenvalue weighted by atomic mass is 9.93. The van der Waals surface area contributed by atoms with Gasteiger partial charge in [0.05, 0.1) is 36.1 Å². The Balaban J connectivity index is 1.77. The lowest BCUT2D eigenvalue weighted by Crippen LogP contribution is -2.29. The fraction of sp³-hybridized carbons (Fsp3) is 0.179. The maximum Gasteiger partial charge on any atom is 0.301 e. The molecule has 1 amide bonds. The van der Waals surface area contributed by atoms with Crippen molar-refractivity contribution < 1.29 is 28.6 Å². The third-order valence-electron chi connectivity index (χ3n) is 6.36. The van der Waals surface area contributed by atoms with E-state index in [9.17, 15) is 19.1 Å². The number of aliphatic hydroxyl groups is 1. The molecular weight excluding hydrogens is 495 g/mol. The van der Waals surface area contributed by atoms with Crippen molar-refractivity contribution in [1.82, 2.24) is 4.98 Å². The van der Waals surface area contributed by atoms with Crippen LogP contribution < -0.4 is 14.4 Å². The third kappa shape index (κ3) is 4.11. The maximum atomic E-state index is 13.9. The fourth-order valence-electron chi connectivity index (χ4n) is 4.49. The fourth-order valence-corrected chi connectivity index (χ4v) is 5.51. The predicted octanol–water partition coefficient (Wildman–Crippen LogP) is 5.70. The van der Waals surface area contributed by atoms with Crippen LogP contribution >= 0.6 is 11.3 Å². The minimum atomic E-state index is -1.01. The molecule has 9 heteroatoms. The van der Waals surface area contributed by atoms with Gasteiger partial charge in [0.2, 0.25) is 0 Å². The topological polar surface area (TPSA) is 89.0 Å². The number of benzene rings is 3. The number of hydrogen-bond acceptors (Lipinski definition) is 7. The number of aliphatic hydroxyl groups excluding tert-OH is 1. The van der Waals surface area contributed by atoms with Crippen molar-refractivity contribution in [2.24, 2.45) is 0 Å². The molecule has 1 atom stereocenters. The van der Waals surface area contributed by atoms with Crippen LogP contribution in [0, 0.1) is 19.7 Å². The number of rotatable bonds is 5. The van der Waals surface area contributed by atoms with Crippen LogP contribution in [0.1, 0.15) is 28.3 Å². The molecule has 0 bridgehead atoms. The Morgan fingerprint density at radius 2 is 1.76 bits per heavy atom. The van der Waals surface area contributed by atoms with E-state index in [4.69, 9.17) is 9.47 Å². The number of ketones is 1. The maximum absolute atomic E-state index is 13.9. The lowest BCUT2D eigenvalue weighted by molar-refractivity contribution is -0.132. The smallest absolute Gasteiger partial charge is 0.301 e. The second kappa shape index (κ2) is 9.33. The van der Waals surface area contributed by atoms with Gasteiger partial charge in [-0.05, 0) is 61.4 Å². The first-order valence-electron chi connectivity index (χ1n) is 11.4. The number of nitrogens with zero attached hydrogens (tertiary/aromatic N) is 2. The summed E-state index contributed by atoms with van der Waals surface area (Å²) in [5, 5.41) is 11.7. The second-order valence-electron chi connectivity index (χ2n) is 8.71. The van der Waals surface area contributed by atoms with E-state index < -0.39 is 23.5 Å². The van der Waals surface area contributed by atoms with Crippen molar-refractivity contribution in [3.63, 3.8) is 0 Å².